The topological polar surface area (TPSA) is 75.1 Å². The van der Waals surface area contributed by atoms with E-state index >= 15 is 0 Å². The van der Waals surface area contributed by atoms with Gasteiger partial charge in [0, 0.05) is 23.5 Å². The number of rotatable bonds is 6. The molecule has 0 spiro atoms. The highest BCUT2D eigenvalue weighted by atomic mass is 16.5. The first-order valence-corrected chi connectivity index (χ1v) is 12.2. The number of nitrogens with zero attached hydrogens (tertiary/aromatic N) is 7. The SMILES string of the molecule is COc1ccc(Cn2cc(-c3cn4nccc4c(-c4cnn([C@H]5CCCC[C@@H]5C)c4)n3)cn2)cc1. The summed E-state index contributed by atoms with van der Waals surface area (Å²) in [5.74, 6) is 1.49. The number of hydrogen-bond acceptors (Lipinski definition) is 5. The van der Waals surface area contributed by atoms with Gasteiger partial charge in [0.25, 0.3) is 0 Å². The molecule has 8 heteroatoms. The largest absolute Gasteiger partial charge is 0.497 e. The molecule has 0 unspecified atom stereocenters. The Morgan fingerprint density at radius 2 is 1.74 bits per heavy atom. The van der Waals surface area contributed by atoms with Gasteiger partial charge in [0.2, 0.25) is 0 Å². The number of aromatic nitrogens is 7. The quantitative estimate of drug-likeness (QED) is 0.340. The molecule has 0 saturated heterocycles. The molecule has 178 valence electrons. The van der Waals surface area contributed by atoms with Gasteiger partial charge in [-0.3, -0.25) is 9.36 Å². The van der Waals surface area contributed by atoms with E-state index in [1.54, 1.807) is 7.11 Å². The molecule has 35 heavy (non-hydrogen) atoms. The first-order valence-electron chi connectivity index (χ1n) is 12.2. The second kappa shape index (κ2) is 9.02. The molecule has 1 aliphatic carbocycles. The van der Waals surface area contributed by atoms with Crippen molar-refractivity contribution in [2.45, 2.75) is 45.2 Å². The van der Waals surface area contributed by atoms with Gasteiger partial charge >= 0.3 is 0 Å². The highest BCUT2D eigenvalue weighted by molar-refractivity contribution is 5.78. The monoisotopic (exact) mass is 467 g/mol. The van der Waals surface area contributed by atoms with Gasteiger partial charge in [-0.25, -0.2) is 9.50 Å². The first-order chi connectivity index (χ1) is 17.2. The zero-order chi connectivity index (χ0) is 23.8. The van der Waals surface area contributed by atoms with Crippen molar-refractivity contribution in [2.24, 2.45) is 5.92 Å². The minimum atomic E-state index is 0.456. The maximum absolute atomic E-state index is 5.25. The molecule has 0 bridgehead atoms. The van der Waals surface area contributed by atoms with Crippen LogP contribution in [0.3, 0.4) is 0 Å². The third-order valence-electron chi connectivity index (χ3n) is 7.10. The van der Waals surface area contributed by atoms with Gasteiger partial charge < -0.3 is 4.74 Å². The number of methoxy groups -OCH3 is 1. The van der Waals surface area contributed by atoms with Crippen molar-refractivity contribution in [2.75, 3.05) is 7.11 Å². The molecule has 1 fully saturated rings. The molecular formula is C27H29N7O. The normalized spacial score (nSPS) is 18.2. The maximum Gasteiger partial charge on any atom is 0.118 e. The molecule has 6 rings (SSSR count). The Labute approximate surface area is 204 Å². The zero-order valence-corrected chi connectivity index (χ0v) is 20.1. The van der Waals surface area contributed by atoms with Gasteiger partial charge in [-0.1, -0.05) is 31.9 Å². The van der Waals surface area contributed by atoms with E-state index in [-0.39, 0.29) is 0 Å². The van der Waals surface area contributed by atoms with Gasteiger partial charge in [-0.15, -0.1) is 0 Å². The van der Waals surface area contributed by atoms with Gasteiger partial charge in [0.1, 0.15) is 5.75 Å². The first kappa shape index (κ1) is 21.6. The van der Waals surface area contributed by atoms with Gasteiger partial charge in [0.05, 0.1) is 61.4 Å². The number of benzene rings is 1. The Balaban J connectivity index is 1.31. The van der Waals surface area contributed by atoms with Crippen molar-refractivity contribution >= 4 is 5.52 Å². The van der Waals surface area contributed by atoms with Crippen molar-refractivity contribution in [1.82, 2.24) is 34.2 Å². The Morgan fingerprint density at radius 3 is 2.57 bits per heavy atom. The Morgan fingerprint density at radius 1 is 0.914 bits per heavy atom. The summed E-state index contributed by atoms with van der Waals surface area (Å²) >= 11 is 0. The molecule has 0 aliphatic heterocycles. The summed E-state index contributed by atoms with van der Waals surface area (Å²) in [7, 11) is 1.67. The summed E-state index contributed by atoms with van der Waals surface area (Å²) < 4.78 is 11.2. The van der Waals surface area contributed by atoms with Crippen LogP contribution < -0.4 is 4.74 Å². The maximum atomic E-state index is 5.25. The summed E-state index contributed by atoms with van der Waals surface area (Å²) in [6.45, 7) is 3.01. The van der Waals surface area contributed by atoms with Crippen LogP contribution in [0.15, 0.2) is 67.5 Å². The van der Waals surface area contributed by atoms with E-state index in [4.69, 9.17) is 14.8 Å². The van der Waals surface area contributed by atoms with Crippen LogP contribution in [-0.4, -0.2) is 41.3 Å². The van der Waals surface area contributed by atoms with Crippen molar-refractivity contribution in [3.63, 3.8) is 0 Å². The second-order valence-corrected chi connectivity index (χ2v) is 9.45. The standard InChI is InChI=1S/C27H29N7O/c1-19-5-3-4-6-25(19)33-17-22(14-30-33)27-26-11-12-28-34(26)18-24(31-27)21-13-29-32(16-21)15-20-7-9-23(35-2)10-8-20/h7-14,16-19,25H,3-6,15H2,1-2H3/t19-,25-/m0/s1. The fraction of sp³-hybridized carbons (Fsp3) is 0.333. The molecule has 1 saturated carbocycles. The molecule has 0 N–H and O–H groups in total. The average Bonchev–Trinajstić information content (AvgIpc) is 3.65. The molecule has 2 atom stereocenters. The molecule has 1 aromatic carbocycles. The van der Waals surface area contributed by atoms with Crippen LogP contribution in [0.2, 0.25) is 0 Å². The van der Waals surface area contributed by atoms with E-state index in [0.717, 1.165) is 39.3 Å². The van der Waals surface area contributed by atoms with Crippen molar-refractivity contribution < 1.29 is 4.74 Å². The highest BCUT2D eigenvalue weighted by Crippen LogP contribution is 2.34. The molecule has 8 nitrogen and oxygen atoms in total. The summed E-state index contributed by atoms with van der Waals surface area (Å²) in [4.78, 5) is 5.05. The molecule has 0 amide bonds. The molecule has 0 radical (unpaired) electrons. The number of fused-ring (bicyclic) bond motifs is 1. The Bertz CT molecular complexity index is 1450. The van der Waals surface area contributed by atoms with Crippen LogP contribution in [0.25, 0.3) is 28.0 Å². The van der Waals surface area contributed by atoms with E-state index in [2.05, 4.69) is 40.1 Å². The predicted octanol–water partition coefficient (Wildman–Crippen LogP) is 5.26. The minimum absolute atomic E-state index is 0.456. The van der Waals surface area contributed by atoms with E-state index < -0.39 is 0 Å². The molecular weight excluding hydrogens is 438 g/mol. The van der Waals surface area contributed by atoms with E-state index in [9.17, 15) is 0 Å². The molecule has 4 heterocycles. The Kier molecular flexibility index (Phi) is 5.56. The summed E-state index contributed by atoms with van der Waals surface area (Å²) in [6, 6.07) is 10.5. The lowest BCUT2D eigenvalue weighted by atomic mass is 9.86. The van der Waals surface area contributed by atoms with Gasteiger partial charge in [-0.2, -0.15) is 15.3 Å². The van der Waals surface area contributed by atoms with Gasteiger partial charge in [0.15, 0.2) is 0 Å². The van der Waals surface area contributed by atoms with Crippen molar-refractivity contribution in [3.05, 3.63) is 73.1 Å². The lowest BCUT2D eigenvalue weighted by Crippen LogP contribution is -2.21. The van der Waals surface area contributed by atoms with Gasteiger partial charge in [-0.05, 0) is 42.5 Å². The fourth-order valence-electron chi connectivity index (χ4n) is 5.11. The zero-order valence-electron chi connectivity index (χ0n) is 20.1. The smallest absolute Gasteiger partial charge is 0.118 e. The van der Waals surface area contributed by atoms with Crippen LogP contribution in [0, 0.1) is 5.92 Å². The van der Waals surface area contributed by atoms with Crippen LogP contribution in [0.1, 0.15) is 44.2 Å². The highest BCUT2D eigenvalue weighted by Gasteiger charge is 2.24. The van der Waals surface area contributed by atoms with E-state index in [1.165, 1.54) is 25.7 Å². The lowest BCUT2D eigenvalue weighted by molar-refractivity contribution is 0.240. The number of hydrogen-bond donors (Lipinski definition) is 0. The van der Waals surface area contributed by atoms with Crippen LogP contribution in [-0.2, 0) is 6.54 Å². The summed E-state index contributed by atoms with van der Waals surface area (Å²) in [6.07, 6.45) is 16.8. The van der Waals surface area contributed by atoms with Crippen molar-refractivity contribution in [1.29, 1.82) is 0 Å². The fourth-order valence-corrected chi connectivity index (χ4v) is 5.11. The van der Waals surface area contributed by atoms with E-state index in [0.29, 0.717) is 18.5 Å². The Hall–Kier alpha value is -3.94. The second-order valence-electron chi connectivity index (χ2n) is 9.45. The van der Waals surface area contributed by atoms with Crippen LogP contribution in [0.4, 0.5) is 0 Å². The third-order valence-corrected chi connectivity index (χ3v) is 7.10. The number of ether oxygens (including phenoxy) is 1. The minimum Gasteiger partial charge on any atom is -0.497 e. The van der Waals surface area contributed by atoms with E-state index in [1.807, 2.05) is 58.4 Å². The molecule has 5 aromatic rings. The summed E-state index contributed by atoms with van der Waals surface area (Å²) in [5, 5.41) is 13.8. The van der Waals surface area contributed by atoms with Crippen molar-refractivity contribution in [3.8, 4) is 28.3 Å². The molecule has 4 aromatic heterocycles. The van der Waals surface area contributed by atoms with Crippen LogP contribution in [0.5, 0.6) is 5.75 Å². The third kappa shape index (κ3) is 4.20. The summed E-state index contributed by atoms with van der Waals surface area (Å²) in [5.41, 5.74) is 5.80. The van der Waals surface area contributed by atoms with Crippen LogP contribution >= 0.6 is 0 Å². The lowest BCUT2D eigenvalue weighted by Gasteiger charge is -2.28. The average molecular weight is 468 g/mol. The predicted molar refractivity (Wildman–Crippen MR) is 134 cm³/mol. The molecule has 1 aliphatic rings.